The number of aromatic nitrogens is 1. The second-order valence-corrected chi connectivity index (χ2v) is 13.4. The van der Waals surface area contributed by atoms with Crippen molar-refractivity contribution in [3.63, 3.8) is 0 Å². The van der Waals surface area contributed by atoms with Crippen LogP contribution in [0, 0.1) is 0 Å². The summed E-state index contributed by atoms with van der Waals surface area (Å²) in [5, 5.41) is 12.0. The first-order chi connectivity index (χ1) is 25.3. The van der Waals surface area contributed by atoms with E-state index in [4.69, 9.17) is 4.42 Å². The normalized spacial score (nSPS) is 11.9. The van der Waals surface area contributed by atoms with Gasteiger partial charge in [0.25, 0.3) is 0 Å². The van der Waals surface area contributed by atoms with Crippen molar-refractivity contribution in [3.05, 3.63) is 182 Å². The molecule has 0 radical (unpaired) electrons. The molecular formula is C48H30N2O. The van der Waals surface area contributed by atoms with Crippen molar-refractivity contribution in [1.29, 1.82) is 0 Å². The van der Waals surface area contributed by atoms with Crippen molar-refractivity contribution in [2.45, 2.75) is 0 Å². The summed E-state index contributed by atoms with van der Waals surface area (Å²) < 4.78 is 9.22. The predicted molar refractivity (Wildman–Crippen MR) is 215 cm³/mol. The molecule has 0 bridgehead atoms. The van der Waals surface area contributed by atoms with Crippen LogP contribution < -0.4 is 4.90 Å². The number of furan rings is 1. The van der Waals surface area contributed by atoms with E-state index in [1.807, 2.05) is 0 Å². The van der Waals surface area contributed by atoms with Crippen molar-refractivity contribution in [3.8, 4) is 5.69 Å². The molecule has 0 spiro atoms. The SMILES string of the molecule is c1ccc(N(c2ccc3c(c2)c2ccc4ccccc4c2n3-c2ccc3ccccc3c2)c2cccc3c2oc2cc4ccccc4cc23)cc1. The lowest BCUT2D eigenvalue weighted by Gasteiger charge is -2.25. The number of hydrogen-bond acceptors (Lipinski definition) is 2. The average Bonchev–Trinajstić information content (AvgIpc) is 3.73. The first-order valence-electron chi connectivity index (χ1n) is 17.4. The van der Waals surface area contributed by atoms with Crippen molar-refractivity contribution in [2.24, 2.45) is 0 Å². The molecule has 0 fully saturated rings. The third kappa shape index (κ3) is 4.25. The van der Waals surface area contributed by atoms with Crippen LogP contribution in [0.15, 0.2) is 186 Å². The summed E-state index contributed by atoms with van der Waals surface area (Å²) >= 11 is 0. The average molecular weight is 651 g/mol. The van der Waals surface area contributed by atoms with E-state index >= 15 is 0 Å². The van der Waals surface area contributed by atoms with Gasteiger partial charge >= 0.3 is 0 Å². The van der Waals surface area contributed by atoms with Crippen molar-refractivity contribution in [2.75, 3.05) is 4.90 Å². The van der Waals surface area contributed by atoms with Gasteiger partial charge in [-0.1, -0.05) is 121 Å². The zero-order valence-electron chi connectivity index (χ0n) is 27.6. The Bertz CT molecular complexity index is 3150. The quantitative estimate of drug-likeness (QED) is 0.189. The van der Waals surface area contributed by atoms with Crippen LogP contribution in [-0.4, -0.2) is 4.57 Å². The van der Waals surface area contributed by atoms with E-state index in [0.29, 0.717) is 0 Å². The van der Waals surface area contributed by atoms with Gasteiger partial charge < -0.3 is 13.9 Å². The zero-order valence-corrected chi connectivity index (χ0v) is 27.6. The van der Waals surface area contributed by atoms with E-state index < -0.39 is 0 Å². The van der Waals surface area contributed by atoms with Gasteiger partial charge in [0.05, 0.1) is 16.7 Å². The van der Waals surface area contributed by atoms with Crippen LogP contribution in [0.2, 0.25) is 0 Å². The molecule has 3 heteroatoms. The molecule has 2 aromatic heterocycles. The summed E-state index contributed by atoms with van der Waals surface area (Å²) in [6.45, 7) is 0. The van der Waals surface area contributed by atoms with E-state index in [2.05, 4.69) is 191 Å². The van der Waals surface area contributed by atoms with Crippen LogP contribution in [0.3, 0.4) is 0 Å². The largest absolute Gasteiger partial charge is 0.454 e. The molecule has 9 aromatic carbocycles. The summed E-state index contributed by atoms with van der Waals surface area (Å²) in [6.07, 6.45) is 0. The Labute approximate surface area is 293 Å². The predicted octanol–water partition coefficient (Wildman–Crippen LogP) is 13.6. The maximum Gasteiger partial charge on any atom is 0.159 e. The molecule has 0 aliphatic heterocycles. The van der Waals surface area contributed by atoms with Gasteiger partial charge in [-0.25, -0.2) is 0 Å². The van der Waals surface area contributed by atoms with Gasteiger partial charge in [0.15, 0.2) is 5.58 Å². The number of anilines is 3. The number of benzene rings is 9. The standard InChI is InChI=1S/C48H30N2O/c1-2-16-36(17-3-1)49(45-20-10-19-41-43-28-34-14-6-7-15-35(34)29-46(43)51-48(41)45)38-24-26-44-42(30-38)40-25-22-32-12-8-9-18-39(32)47(40)50(44)37-23-21-31-11-4-5-13-33(31)27-37/h1-30H. The highest BCUT2D eigenvalue weighted by atomic mass is 16.3. The highest BCUT2D eigenvalue weighted by Crippen LogP contribution is 2.45. The van der Waals surface area contributed by atoms with Gasteiger partial charge in [-0.05, 0) is 87.6 Å². The van der Waals surface area contributed by atoms with Crippen LogP contribution in [-0.2, 0) is 0 Å². The smallest absolute Gasteiger partial charge is 0.159 e. The molecule has 0 aliphatic rings. The van der Waals surface area contributed by atoms with Crippen molar-refractivity contribution in [1.82, 2.24) is 4.57 Å². The lowest BCUT2D eigenvalue weighted by atomic mass is 10.0. The second-order valence-electron chi connectivity index (χ2n) is 13.4. The first-order valence-corrected chi connectivity index (χ1v) is 17.4. The molecule has 0 aliphatic carbocycles. The summed E-state index contributed by atoms with van der Waals surface area (Å²) in [5.41, 5.74) is 8.44. The fraction of sp³-hybridized carbons (Fsp3) is 0. The number of rotatable bonds is 4. The fourth-order valence-corrected chi connectivity index (χ4v) is 8.14. The molecule has 0 N–H and O–H groups in total. The topological polar surface area (TPSA) is 21.3 Å². The number of nitrogens with zero attached hydrogens (tertiary/aromatic N) is 2. The van der Waals surface area contributed by atoms with E-state index in [-0.39, 0.29) is 0 Å². The van der Waals surface area contributed by atoms with Gasteiger partial charge in [0.1, 0.15) is 5.58 Å². The highest BCUT2D eigenvalue weighted by molar-refractivity contribution is 6.20. The van der Waals surface area contributed by atoms with Crippen molar-refractivity contribution >= 4 is 93.1 Å². The van der Waals surface area contributed by atoms with Gasteiger partial charge in [-0.15, -0.1) is 0 Å². The lowest BCUT2D eigenvalue weighted by molar-refractivity contribution is 0.669. The molecule has 0 amide bonds. The van der Waals surface area contributed by atoms with Gasteiger partial charge in [0, 0.05) is 44.0 Å². The van der Waals surface area contributed by atoms with Crippen LogP contribution in [0.5, 0.6) is 0 Å². The van der Waals surface area contributed by atoms with Gasteiger partial charge in [-0.2, -0.15) is 0 Å². The molecule has 2 heterocycles. The van der Waals surface area contributed by atoms with Crippen LogP contribution in [0.25, 0.3) is 81.7 Å². The van der Waals surface area contributed by atoms with Crippen LogP contribution in [0.1, 0.15) is 0 Å². The van der Waals surface area contributed by atoms with E-state index in [0.717, 1.165) is 44.7 Å². The van der Waals surface area contributed by atoms with E-state index in [1.54, 1.807) is 0 Å². The molecule has 51 heavy (non-hydrogen) atoms. The minimum Gasteiger partial charge on any atom is -0.454 e. The van der Waals surface area contributed by atoms with E-state index in [1.165, 1.54) is 54.1 Å². The van der Waals surface area contributed by atoms with E-state index in [9.17, 15) is 0 Å². The highest BCUT2D eigenvalue weighted by Gasteiger charge is 2.22. The Hall–Kier alpha value is -6.84. The Morgan fingerprint density at radius 3 is 1.92 bits per heavy atom. The molecule has 0 saturated heterocycles. The van der Waals surface area contributed by atoms with Crippen molar-refractivity contribution < 1.29 is 4.42 Å². The third-order valence-electron chi connectivity index (χ3n) is 10.5. The molecule has 0 saturated carbocycles. The lowest BCUT2D eigenvalue weighted by Crippen LogP contribution is -2.10. The number of hydrogen-bond donors (Lipinski definition) is 0. The Morgan fingerprint density at radius 2 is 1.08 bits per heavy atom. The number of fused-ring (bicyclic) bond motifs is 10. The molecule has 11 aromatic rings. The second kappa shape index (κ2) is 10.8. The summed E-state index contributed by atoms with van der Waals surface area (Å²) in [6, 6.07) is 65.5. The Kier molecular flexibility index (Phi) is 5.96. The molecular weight excluding hydrogens is 621 g/mol. The first kappa shape index (κ1) is 28.0. The Morgan fingerprint density at radius 1 is 0.392 bits per heavy atom. The molecule has 3 nitrogen and oxygen atoms in total. The summed E-state index contributed by atoms with van der Waals surface area (Å²) in [5.74, 6) is 0. The summed E-state index contributed by atoms with van der Waals surface area (Å²) in [4.78, 5) is 2.34. The zero-order chi connectivity index (χ0) is 33.5. The molecule has 0 unspecified atom stereocenters. The minimum atomic E-state index is 0.872. The maximum atomic E-state index is 6.77. The molecule has 11 rings (SSSR count). The Balaban J connectivity index is 1.19. The summed E-state index contributed by atoms with van der Waals surface area (Å²) in [7, 11) is 0. The third-order valence-corrected chi connectivity index (χ3v) is 10.5. The number of para-hydroxylation sites is 2. The maximum absolute atomic E-state index is 6.77. The van der Waals surface area contributed by atoms with Gasteiger partial charge in [0.2, 0.25) is 0 Å². The van der Waals surface area contributed by atoms with Gasteiger partial charge in [-0.3, -0.25) is 0 Å². The fourth-order valence-electron chi connectivity index (χ4n) is 8.14. The molecule has 238 valence electrons. The van der Waals surface area contributed by atoms with Crippen LogP contribution in [0.4, 0.5) is 17.1 Å². The van der Waals surface area contributed by atoms with Crippen LogP contribution >= 0.6 is 0 Å². The molecule has 0 atom stereocenters. The minimum absolute atomic E-state index is 0.872. The monoisotopic (exact) mass is 650 g/mol.